The average Bonchev–Trinajstić information content (AvgIpc) is 2.77. The van der Waals surface area contributed by atoms with Crippen molar-refractivity contribution in [2.75, 3.05) is 24.6 Å². The van der Waals surface area contributed by atoms with Gasteiger partial charge in [0.15, 0.2) is 0 Å². The fraction of sp³-hybridized carbons (Fsp3) is 0.964. The standard InChI is InChI=1S/C16H37P.C12H24O2/c1-5-9-13-17(14-10-6-2,15-11-7-3)16-12-8-4;1-2-3-4-5-6-7-8-9-10-11-12(13)14/h17H,5-16H2,1-4H3;2-11H2,1H3,(H,13,14). The van der Waals surface area contributed by atoms with Crippen LogP contribution in [0.2, 0.25) is 0 Å². The van der Waals surface area contributed by atoms with Gasteiger partial charge in [0, 0.05) is 6.42 Å². The Bertz CT molecular complexity index is 319. The maximum absolute atomic E-state index is 10.2. The number of unbranched alkanes of at least 4 members (excludes halogenated alkanes) is 12. The number of hydrogen-bond donors (Lipinski definition) is 1. The molecule has 0 saturated carbocycles. The van der Waals surface area contributed by atoms with Crippen molar-refractivity contribution in [1.29, 1.82) is 0 Å². The van der Waals surface area contributed by atoms with Gasteiger partial charge in [0.25, 0.3) is 0 Å². The average molecular weight is 461 g/mol. The molecule has 1 N–H and O–H groups in total. The minimum atomic E-state index is -0.879. The van der Waals surface area contributed by atoms with E-state index in [4.69, 9.17) is 5.11 Å². The van der Waals surface area contributed by atoms with Crippen molar-refractivity contribution in [2.45, 2.75) is 150 Å². The Labute approximate surface area is 198 Å². The summed E-state index contributed by atoms with van der Waals surface area (Å²) in [5, 5.41) is 8.41. The summed E-state index contributed by atoms with van der Waals surface area (Å²) in [5.41, 5.74) is 0. The second-order valence-corrected chi connectivity index (χ2v) is 14.9. The van der Waals surface area contributed by atoms with Gasteiger partial charge in [-0.3, -0.25) is 4.79 Å². The summed E-state index contributed by atoms with van der Waals surface area (Å²) in [6.45, 7) is 11.7. The monoisotopic (exact) mass is 460 g/mol. The third-order valence-electron chi connectivity index (χ3n) is 6.74. The molecule has 0 rings (SSSR count). The molecule has 0 unspecified atom stereocenters. The van der Waals surface area contributed by atoms with Crippen molar-refractivity contribution >= 4 is 13.2 Å². The Morgan fingerprint density at radius 2 is 0.774 bits per heavy atom. The molecule has 0 fully saturated rings. The van der Waals surface area contributed by atoms with Gasteiger partial charge in [-0.1, -0.05) is 58.3 Å². The topological polar surface area (TPSA) is 37.3 Å². The predicted molar refractivity (Wildman–Crippen MR) is 147 cm³/mol. The molecule has 0 aromatic carbocycles. The fourth-order valence-corrected chi connectivity index (χ4v) is 10.5. The van der Waals surface area contributed by atoms with E-state index in [1.165, 1.54) is 96.3 Å². The van der Waals surface area contributed by atoms with Crippen LogP contribution in [0, 0.1) is 0 Å². The number of aliphatic carboxylic acids is 1. The van der Waals surface area contributed by atoms with Crippen LogP contribution >= 0.6 is 7.26 Å². The van der Waals surface area contributed by atoms with Gasteiger partial charge in [-0.25, -0.2) is 0 Å². The Morgan fingerprint density at radius 3 is 1.06 bits per heavy atom. The van der Waals surface area contributed by atoms with Gasteiger partial charge in [0.2, 0.25) is 0 Å². The molecule has 3 heteroatoms. The Balaban J connectivity index is 0. The number of rotatable bonds is 22. The summed E-state index contributed by atoms with van der Waals surface area (Å²) < 4.78 is 0. The Kier molecular flexibility index (Phi) is 27.9. The molecule has 0 aromatic heterocycles. The van der Waals surface area contributed by atoms with E-state index >= 15 is 0 Å². The van der Waals surface area contributed by atoms with Crippen LogP contribution in [-0.4, -0.2) is 35.7 Å². The summed E-state index contributed by atoms with van der Waals surface area (Å²) in [7, 11) is -0.879. The molecule has 190 valence electrons. The summed E-state index contributed by atoms with van der Waals surface area (Å²) in [4.78, 5) is 10.2. The second kappa shape index (κ2) is 26.2. The van der Waals surface area contributed by atoms with Gasteiger partial charge < -0.3 is 5.11 Å². The summed E-state index contributed by atoms with van der Waals surface area (Å²) in [6.07, 6.45) is 29.6. The van der Waals surface area contributed by atoms with Crippen LogP contribution in [-0.2, 0) is 4.79 Å². The van der Waals surface area contributed by atoms with E-state index in [0.717, 1.165) is 12.8 Å². The zero-order valence-electron chi connectivity index (χ0n) is 22.4. The molecule has 0 radical (unpaired) electrons. The van der Waals surface area contributed by atoms with Crippen molar-refractivity contribution in [3.8, 4) is 0 Å². The van der Waals surface area contributed by atoms with Crippen molar-refractivity contribution in [3.63, 3.8) is 0 Å². The zero-order chi connectivity index (χ0) is 23.6. The van der Waals surface area contributed by atoms with E-state index < -0.39 is 13.2 Å². The number of carboxylic acids is 1. The van der Waals surface area contributed by atoms with Crippen LogP contribution in [0.1, 0.15) is 150 Å². The number of carbonyl (C=O) groups is 1. The SMILES string of the molecule is CCCCCCCCCCCC(=O)O.CCCC[PH](CCCC)(CCCC)CCCC. The van der Waals surface area contributed by atoms with Crippen molar-refractivity contribution < 1.29 is 9.90 Å². The molecule has 0 aromatic rings. The normalized spacial score (nSPS) is 11.8. The molecule has 0 bridgehead atoms. The van der Waals surface area contributed by atoms with E-state index in [0.29, 0.717) is 6.42 Å². The first-order chi connectivity index (χ1) is 15.0. The third-order valence-corrected chi connectivity index (χ3v) is 12.4. The first-order valence-electron chi connectivity index (χ1n) is 14.2. The summed E-state index contributed by atoms with van der Waals surface area (Å²) in [5.74, 6) is -0.659. The van der Waals surface area contributed by atoms with Gasteiger partial charge in [-0.2, -0.15) is 0 Å². The van der Waals surface area contributed by atoms with E-state index in [1.54, 1.807) is 24.6 Å². The van der Waals surface area contributed by atoms with Crippen molar-refractivity contribution in [1.82, 2.24) is 0 Å². The second-order valence-electron chi connectivity index (χ2n) is 9.89. The number of carboxylic acid groups (broad SMARTS) is 1. The van der Waals surface area contributed by atoms with Crippen LogP contribution < -0.4 is 0 Å². The molecule has 2 nitrogen and oxygen atoms in total. The molecule has 0 spiro atoms. The molecule has 31 heavy (non-hydrogen) atoms. The molecular formula is C28H61O2P. The summed E-state index contributed by atoms with van der Waals surface area (Å²) >= 11 is 0. The van der Waals surface area contributed by atoms with E-state index in [1.807, 2.05) is 0 Å². The van der Waals surface area contributed by atoms with Crippen LogP contribution in [0.3, 0.4) is 0 Å². The maximum atomic E-state index is 10.2. The Hall–Kier alpha value is -0.100. The van der Waals surface area contributed by atoms with Crippen LogP contribution in [0.5, 0.6) is 0 Å². The predicted octanol–water partition coefficient (Wildman–Crippen LogP) is 9.93. The molecule has 0 amide bonds. The van der Waals surface area contributed by atoms with E-state index in [9.17, 15) is 4.79 Å². The Morgan fingerprint density at radius 1 is 0.484 bits per heavy atom. The van der Waals surface area contributed by atoms with Crippen molar-refractivity contribution in [2.24, 2.45) is 0 Å². The molecule has 0 aliphatic heterocycles. The van der Waals surface area contributed by atoms with Gasteiger partial charge in [0.05, 0.1) is 0 Å². The first kappa shape index (κ1) is 33.1. The molecule has 0 saturated heterocycles. The third kappa shape index (κ3) is 24.4. The fourth-order valence-electron chi connectivity index (χ4n) is 4.54. The van der Waals surface area contributed by atoms with Gasteiger partial charge in [-0.15, -0.1) is 0 Å². The molecule has 0 atom stereocenters. The quantitative estimate of drug-likeness (QED) is 0.129. The van der Waals surface area contributed by atoms with Crippen LogP contribution in [0.4, 0.5) is 0 Å². The van der Waals surface area contributed by atoms with Gasteiger partial charge in [-0.05, 0) is 6.42 Å². The zero-order valence-corrected chi connectivity index (χ0v) is 23.4. The van der Waals surface area contributed by atoms with Gasteiger partial charge >= 0.3 is 117 Å². The molecule has 0 aliphatic rings. The van der Waals surface area contributed by atoms with E-state index in [-0.39, 0.29) is 0 Å². The summed E-state index contributed by atoms with van der Waals surface area (Å²) in [6, 6.07) is 0. The molecule has 0 aliphatic carbocycles. The van der Waals surface area contributed by atoms with Crippen LogP contribution in [0.25, 0.3) is 0 Å². The molecular weight excluding hydrogens is 399 g/mol. The minimum absolute atomic E-state index is 0.343. The molecule has 0 heterocycles. The van der Waals surface area contributed by atoms with Crippen LogP contribution in [0.15, 0.2) is 0 Å². The van der Waals surface area contributed by atoms with E-state index in [2.05, 4.69) is 34.6 Å². The number of hydrogen-bond acceptors (Lipinski definition) is 1. The first-order valence-corrected chi connectivity index (χ1v) is 17.1. The van der Waals surface area contributed by atoms with Gasteiger partial charge in [0.1, 0.15) is 0 Å². The van der Waals surface area contributed by atoms with Crippen molar-refractivity contribution in [3.05, 3.63) is 0 Å².